The highest BCUT2D eigenvalue weighted by molar-refractivity contribution is 7.29. The third-order valence-corrected chi connectivity index (χ3v) is 6.21. The topological polar surface area (TPSA) is 77.7 Å². The second-order valence-electron chi connectivity index (χ2n) is 6.12. The molecule has 3 aromatic heterocycles. The van der Waals surface area contributed by atoms with Crippen molar-refractivity contribution in [3.05, 3.63) is 47.2 Å². The average molecular weight is 415 g/mol. The van der Waals surface area contributed by atoms with Crippen LogP contribution in [-0.2, 0) is 11.3 Å². The molecular formula is C19H17N3O4S2. The minimum Gasteiger partial charge on any atom is -0.497 e. The number of fused-ring (bicyclic) bond motifs is 1. The van der Waals surface area contributed by atoms with E-state index in [9.17, 15) is 4.79 Å². The summed E-state index contributed by atoms with van der Waals surface area (Å²) in [5, 5.41) is 0.912. The Hall–Kier alpha value is -2.91. The predicted molar refractivity (Wildman–Crippen MR) is 109 cm³/mol. The minimum absolute atomic E-state index is 0.0421. The molecule has 0 atom stereocenters. The first-order chi connectivity index (χ1) is 13.5. The number of anilines is 1. The lowest BCUT2D eigenvalue weighted by molar-refractivity contribution is 0.0473. The van der Waals surface area contributed by atoms with Crippen molar-refractivity contribution in [1.82, 2.24) is 9.97 Å². The third kappa shape index (κ3) is 3.71. The summed E-state index contributed by atoms with van der Waals surface area (Å²) in [6.45, 7) is 0.0421. The van der Waals surface area contributed by atoms with Crippen molar-refractivity contribution in [3.8, 4) is 17.2 Å². The van der Waals surface area contributed by atoms with E-state index in [1.165, 1.54) is 17.6 Å². The van der Waals surface area contributed by atoms with Gasteiger partial charge in [0.25, 0.3) is 0 Å². The van der Waals surface area contributed by atoms with Gasteiger partial charge in [0.1, 0.15) is 34.0 Å². The monoisotopic (exact) mass is 415 g/mol. The zero-order chi connectivity index (χ0) is 19.7. The van der Waals surface area contributed by atoms with Gasteiger partial charge in [0.15, 0.2) is 5.13 Å². The molecule has 0 fully saturated rings. The average Bonchev–Trinajstić information content (AvgIpc) is 3.40. The van der Waals surface area contributed by atoms with Crippen molar-refractivity contribution >= 4 is 43.3 Å². The number of rotatable bonds is 6. The molecule has 9 heteroatoms. The molecule has 0 saturated carbocycles. The summed E-state index contributed by atoms with van der Waals surface area (Å²) < 4.78 is 17.0. The molecule has 3 heterocycles. The summed E-state index contributed by atoms with van der Waals surface area (Å²) in [6.07, 6.45) is 1.49. The van der Waals surface area contributed by atoms with Crippen LogP contribution in [0.2, 0.25) is 0 Å². The predicted octanol–water partition coefficient (Wildman–Crippen LogP) is 4.44. The van der Waals surface area contributed by atoms with Crippen LogP contribution < -0.4 is 9.64 Å². The molecular weight excluding hydrogens is 398 g/mol. The van der Waals surface area contributed by atoms with Gasteiger partial charge in [0.05, 0.1) is 11.8 Å². The molecule has 1 aromatic carbocycles. The van der Waals surface area contributed by atoms with E-state index < -0.39 is 5.97 Å². The summed E-state index contributed by atoms with van der Waals surface area (Å²) in [5.74, 6) is 0.828. The fourth-order valence-electron chi connectivity index (χ4n) is 2.47. The van der Waals surface area contributed by atoms with Crippen LogP contribution in [0.3, 0.4) is 0 Å². The van der Waals surface area contributed by atoms with Gasteiger partial charge in [-0.25, -0.2) is 14.8 Å². The molecule has 0 bridgehead atoms. The number of esters is 1. The quantitative estimate of drug-likeness (QED) is 0.431. The Balaban J connectivity index is 1.40. The van der Waals surface area contributed by atoms with Crippen LogP contribution in [0.4, 0.5) is 5.13 Å². The van der Waals surface area contributed by atoms with Gasteiger partial charge in [-0.05, 0) is 30.3 Å². The van der Waals surface area contributed by atoms with Gasteiger partial charge in [0.2, 0.25) is 5.89 Å². The van der Waals surface area contributed by atoms with Crippen LogP contribution in [0.25, 0.3) is 21.0 Å². The van der Waals surface area contributed by atoms with Gasteiger partial charge in [-0.1, -0.05) is 11.3 Å². The molecule has 0 saturated heterocycles. The first-order valence-corrected chi connectivity index (χ1v) is 10.0. The Kier molecular flexibility index (Phi) is 5.01. The Morgan fingerprint density at radius 1 is 1.18 bits per heavy atom. The lowest BCUT2D eigenvalue weighted by Crippen LogP contribution is -2.07. The van der Waals surface area contributed by atoms with Gasteiger partial charge < -0.3 is 18.8 Å². The van der Waals surface area contributed by atoms with Gasteiger partial charge in [-0.2, -0.15) is 0 Å². The number of methoxy groups -OCH3 is 1. The third-order valence-electron chi connectivity index (χ3n) is 3.90. The number of ether oxygens (including phenoxy) is 2. The Morgan fingerprint density at radius 2 is 1.96 bits per heavy atom. The van der Waals surface area contributed by atoms with Crippen molar-refractivity contribution in [2.45, 2.75) is 6.61 Å². The van der Waals surface area contributed by atoms with Gasteiger partial charge in [0, 0.05) is 19.7 Å². The van der Waals surface area contributed by atoms with E-state index in [0.717, 1.165) is 26.0 Å². The van der Waals surface area contributed by atoms with E-state index in [1.807, 2.05) is 49.3 Å². The second-order valence-corrected chi connectivity index (χ2v) is 8.16. The number of thiazole rings is 1. The van der Waals surface area contributed by atoms with Crippen LogP contribution in [0.1, 0.15) is 15.4 Å². The largest absolute Gasteiger partial charge is 0.497 e. The zero-order valence-electron chi connectivity index (χ0n) is 15.5. The summed E-state index contributed by atoms with van der Waals surface area (Å²) in [6, 6.07) is 9.19. The van der Waals surface area contributed by atoms with Gasteiger partial charge in [-0.3, -0.25) is 0 Å². The number of hydrogen-bond acceptors (Lipinski definition) is 9. The molecule has 0 aliphatic rings. The number of carbonyl (C=O) groups is 1. The number of thiophene rings is 1. The summed E-state index contributed by atoms with van der Waals surface area (Å²) >= 11 is 2.87. The van der Waals surface area contributed by atoms with Gasteiger partial charge in [-0.15, -0.1) is 11.3 Å². The number of nitrogens with zero attached hydrogens (tertiary/aromatic N) is 3. The number of oxazole rings is 1. The number of carbonyl (C=O) groups excluding carboxylic acids is 1. The van der Waals surface area contributed by atoms with E-state index in [2.05, 4.69) is 9.97 Å². The van der Waals surface area contributed by atoms with Crippen LogP contribution in [0.15, 0.2) is 41.0 Å². The van der Waals surface area contributed by atoms with Crippen molar-refractivity contribution in [3.63, 3.8) is 0 Å². The molecule has 4 aromatic rings. The Morgan fingerprint density at radius 3 is 2.64 bits per heavy atom. The highest BCUT2D eigenvalue weighted by atomic mass is 32.1. The molecule has 7 nitrogen and oxygen atoms in total. The fourth-order valence-corrected chi connectivity index (χ4v) is 4.49. The van der Waals surface area contributed by atoms with Crippen molar-refractivity contribution in [2.24, 2.45) is 0 Å². The highest BCUT2D eigenvalue weighted by Gasteiger charge is 2.17. The normalized spacial score (nSPS) is 11.0. The fraction of sp³-hybridized carbons (Fsp3) is 0.211. The van der Waals surface area contributed by atoms with Gasteiger partial charge >= 0.3 is 5.97 Å². The molecule has 0 unspecified atom stereocenters. The first-order valence-electron chi connectivity index (χ1n) is 8.37. The van der Waals surface area contributed by atoms with Crippen molar-refractivity contribution in [1.29, 1.82) is 0 Å². The molecule has 144 valence electrons. The number of benzene rings is 1. The maximum atomic E-state index is 12.3. The summed E-state index contributed by atoms with van der Waals surface area (Å²) in [5.41, 5.74) is 1.37. The highest BCUT2D eigenvalue weighted by Crippen LogP contribution is 2.34. The Bertz CT molecular complexity index is 1080. The molecule has 0 N–H and O–H groups in total. The maximum absolute atomic E-state index is 12.3. The van der Waals surface area contributed by atoms with Crippen molar-refractivity contribution < 1.29 is 18.7 Å². The second kappa shape index (κ2) is 7.61. The van der Waals surface area contributed by atoms with Crippen LogP contribution in [0, 0.1) is 0 Å². The van der Waals surface area contributed by atoms with Crippen LogP contribution >= 0.6 is 22.7 Å². The molecule has 0 aliphatic heterocycles. The zero-order valence-corrected chi connectivity index (χ0v) is 17.1. The van der Waals surface area contributed by atoms with E-state index in [4.69, 9.17) is 13.9 Å². The molecule has 0 spiro atoms. The van der Waals surface area contributed by atoms with Crippen LogP contribution in [-0.4, -0.2) is 37.1 Å². The maximum Gasteiger partial charge on any atom is 0.348 e. The smallest absolute Gasteiger partial charge is 0.348 e. The standard InChI is InChI=1S/C19H17N3O4S2/c1-22(2)19-21-17-14(28-19)8-15(27-17)18(23)26-10-12-9-25-16(20-12)11-4-6-13(24-3)7-5-11/h4-9H,10H2,1-3H3. The minimum atomic E-state index is -0.393. The molecule has 0 aliphatic carbocycles. The molecule has 4 rings (SSSR count). The van der Waals surface area contributed by atoms with E-state index in [0.29, 0.717) is 16.5 Å². The first kappa shape index (κ1) is 18.5. The van der Waals surface area contributed by atoms with Crippen LogP contribution in [0.5, 0.6) is 5.75 Å². The summed E-state index contributed by atoms with van der Waals surface area (Å²) in [4.78, 5) is 24.5. The van der Waals surface area contributed by atoms with E-state index in [-0.39, 0.29) is 6.61 Å². The summed E-state index contributed by atoms with van der Waals surface area (Å²) in [7, 11) is 5.49. The molecule has 0 radical (unpaired) electrons. The number of hydrogen-bond donors (Lipinski definition) is 0. The lowest BCUT2D eigenvalue weighted by atomic mass is 10.2. The molecule has 28 heavy (non-hydrogen) atoms. The molecule has 0 amide bonds. The van der Waals surface area contributed by atoms with E-state index >= 15 is 0 Å². The SMILES string of the molecule is COc1ccc(-c2nc(COC(=O)c3cc4sc(N(C)C)nc4s3)co2)cc1. The van der Waals surface area contributed by atoms with Crippen molar-refractivity contribution in [2.75, 3.05) is 26.1 Å². The number of aromatic nitrogens is 2. The lowest BCUT2D eigenvalue weighted by Gasteiger charge is -2.05. The Labute approximate surface area is 169 Å². The van der Waals surface area contributed by atoms with E-state index in [1.54, 1.807) is 18.4 Å².